The molecule has 1 saturated carbocycles. The fraction of sp³-hybridized carbons (Fsp3) is 1.00. The standard InChI is InChI=1S/C21H42N8O3S/c1-28-19-14(10-26-28)9-25-20(32-2)18(19)27-33(30,31)16(8-22)11-24-17-7-15(3-6-23-17)29-12-21(13-29)4-5-21/h14-20,23-27H,3-13,22H2,1-2H3. The van der Waals surface area contributed by atoms with E-state index in [0.717, 1.165) is 32.5 Å². The number of hydrogen-bond acceptors (Lipinski definition) is 10. The number of ether oxygens (including phenoxy) is 1. The van der Waals surface area contributed by atoms with Crippen molar-refractivity contribution in [3.63, 3.8) is 0 Å². The van der Waals surface area contributed by atoms with Crippen molar-refractivity contribution in [2.45, 2.75) is 61.5 Å². The Balaban J connectivity index is 1.17. The number of sulfonamides is 1. The maximum absolute atomic E-state index is 13.4. The van der Waals surface area contributed by atoms with Crippen molar-refractivity contribution in [3.05, 3.63) is 0 Å². The molecule has 7 atom stereocenters. The Morgan fingerprint density at radius 3 is 2.73 bits per heavy atom. The molecule has 33 heavy (non-hydrogen) atoms. The molecule has 7 N–H and O–H groups in total. The largest absolute Gasteiger partial charge is 0.365 e. The van der Waals surface area contributed by atoms with E-state index in [9.17, 15) is 8.42 Å². The summed E-state index contributed by atoms with van der Waals surface area (Å²) in [6, 6.07) is 0.203. The van der Waals surface area contributed by atoms with Crippen LogP contribution in [0.15, 0.2) is 0 Å². The minimum Gasteiger partial charge on any atom is -0.365 e. The normalized spacial score (nSPS) is 39.8. The molecule has 0 aromatic heterocycles. The quantitative estimate of drug-likeness (QED) is 0.205. The van der Waals surface area contributed by atoms with Gasteiger partial charge >= 0.3 is 0 Å². The van der Waals surface area contributed by atoms with E-state index in [2.05, 4.69) is 31.0 Å². The van der Waals surface area contributed by atoms with Crippen LogP contribution >= 0.6 is 0 Å². The van der Waals surface area contributed by atoms with E-state index in [1.807, 2.05) is 12.1 Å². The van der Waals surface area contributed by atoms with Crippen LogP contribution in [0.25, 0.3) is 0 Å². The third-order valence-electron chi connectivity index (χ3n) is 8.58. The maximum atomic E-state index is 13.4. The average molecular weight is 487 g/mol. The van der Waals surface area contributed by atoms with E-state index in [1.165, 1.54) is 25.9 Å². The predicted octanol–water partition coefficient (Wildman–Crippen LogP) is -2.62. The van der Waals surface area contributed by atoms with Crippen LogP contribution in [-0.4, -0.2) is 114 Å². The Bertz CT molecular complexity index is 788. The van der Waals surface area contributed by atoms with Gasteiger partial charge in [-0.15, -0.1) is 0 Å². The van der Waals surface area contributed by atoms with Crippen LogP contribution in [0.1, 0.15) is 25.7 Å². The van der Waals surface area contributed by atoms with E-state index in [-0.39, 0.29) is 25.0 Å². The lowest BCUT2D eigenvalue weighted by Gasteiger charge is -2.48. The number of rotatable bonds is 9. The van der Waals surface area contributed by atoms with Crippen molar-refractivity contribution in [2.75, 3.05) is 60.0 Å². The summed E-state index contributed by atoms with van der Waals surface area (Å²) >= 11 is 0. The second kappa shape index (κ2) is 9.57. The molecule has 1 aliphatic carbocycles. The summed E-state index contributed by atoms with van der Waals surface area (Å²) in [5.41, 5.74) is 9.95. The van der Waals surface area contributed by atoms with Crippen molar-refractivity contribution in [3.8, 4) is 0 Å². The van der Waals surface area contributed by atoms with Crippen molar-refractivity contribution in [1.29, 1.82) is 0 Å². The van der Waals surface area contributed by atoms with Crippen molar-refractivity contribution in [2.24, 2.45) is 17.1 Å². The fourth-order valence-corrected chi connectivity index (χ4v) is 7.70. The molecule has 7 unspecified atom stereocenters. The molecule has 0 aromatic rings. The maximum Gasteiger partial charge on any atom is 0.217 e. The Labute approximate surface area is 197 Å². The van der Waals surface area contributed by atoms with Crippen molar-refractivity contribution >= 4 is 10.0 Å². The second-order valence-electron chi connectivity index (χ2n) is 10.8. The number of nitrogens with one attached hydrogen (secondary N) is 5. The number of likely N-dealkylation sites (tertiary alicyclic amines) is 1. The highest BCUT2D eigenvalue weighted by Gasteiger charge is 2.54. The SMILES string of the molecule is COC1NCC2CNN(C)C2C1NS(=O)(=O)C(CN)CNC1CC(N2CC3(CC3)C2)CCN1. The van der Waals surface area contributed by atoms with Gasteiger partial charge < -0.3 is 21.1 Å². The molecule has 4 saturated heterocycles. The van der Waals surface area contributed by atoms with Crippen molar-refractivity contribution in [1.82, 2.24) is 36.0 Å². The number of nitrogens with zero attached hydrogens (tertiary/aromatic N) is 2. The first-order chi connectivity index (χ1) is 15.8. The number of hydrazine groups is 1. The van der Waals surface area contributed by atoms with E-state index in [4.69, 9.17) is 10.5 Å². The number of likely N-dealkylation sites (N-methyl/N-ethyl adjacent to an activating group) is 1. The second-order valence-corrected chi connectivity index (χ2v) is 12.8. The van der Waals surface area contributed by atoms with Gasteiger partial charge in [0.15, 0.2) is 0 Å². The minimum absolute atomic E-state index is 0.0180. The fourth-order valence-electron chi connectivity index (χ4n) is 6.30. The van der Waals surface area contributed by atoms with Crippen LogP contribution < -0.4 is 31.8 Å². The summed E-state index contributed by atoms with van der Waals surface area (Å²) in [6.07, 6.45) is 4.67. The molecule has 5 fully saturated rings. The molecule has 4 heterocycles. The van der Waals surface area contributed by atoms with Gasteiger partial charge in [0.2, 0.25) is 10.0 Å². The Morgan fingerprint density at radius 2 is 2.03 bits per heavy atom. The van der Waals surface area contributed by atoms with Gasteiger partial charge in [-0.2, -0.15) is 0 Å². The molecule has 4 aliphatic heterocycles. The number of piperidine rings is 2. The van der Waals surface area contributed by atoms with Crippen molar-refractivity contribution < 1.29 is 13.2 Å². The zero-order chi connectivity index (χ0) is 23.2. The van der Waals surface area contributed by atoms with E-state index >= 15 is 0 Å². The lowest BCUT2D eigenvalue weighted by molar-refractivity contribution is -0.0106. The third kappa shape index (κ3) is 4.97. The van der Waals surface area contributed by atoms with Gasteiger partial charge in [0.1, 0.15) is 11.5 Å². The summed E-state index contributed by atoms with van der Waals surface area (Å²) in [5.74, 6) is 0.309. The first kappa shape index (κ1) is 24.3. The highest BCUT2D eigenvalue weighted by Crippen LogP contribution is 2.53. The van der Waals surface area contributed by atoms with Crippen LogP contribution in [0.4, 0.5) is 0 Å². The van der Waals surface area contributed by atoms with E-state index < -0.39 is 21.3 Å². The van der Waals surface area contributed by atoms with Gasteiger partial charge in [-0.1, -0.05) is 0 Å². The van der Waals surface area contributed by atoms with Gasteiger partial charge in [-0.25, -0.2) is 18.1 Å². The van der Waals surface area contributed by atoms with Gasteiger partial charge in [0.25, 0.3) is 0 Å². The van der Waals surface area contributed by atoms with Gasteiger partial charge in [-0.05, 0) is 37.6 Å². The van der Waals surface area contributed by atoms with Crippen LogP contribution in [-0.2, 0) is 14.8 Å². The summed E-state index contributed by atoms with van der Waals surface area (Å²) in [6.45, 7) is 5.43. The predicted molar refractivity (Wildman–Crippen MR) is 127 cm³/mol. The Hall–Kier alpha value is -0.410. The Morgan fingerprint density at radius 1 is 1.24 bits per heavy atom. The molecule has 0 aromatic carbocycles. The first-order valence-electron chi connectivity index (χ1n) is 12.5. The van der Waals surface area contributed by atoms with Crippen LogP contribution in [0, 0.1) is 11.3 Å². The number of hydrogen-bond donors (Lipinski definition) is 6. The smallest absolute Gasteiger partial charge is 0.217 e. The lowest BCUT2D eigenvalue weighted by Crippen LogP contribution is -2.67. The van der Waals surface area contributed by atoms with Gasteiger partial charge in [-0.3, -0.25) is 15.6 Å². The zero-order valence-electron chi connectivity index (χ0n) is 19.9. The average Bonchev–Trinajstić information content (AvgIpc) is 3.50. The molecule has 0 amide bonds. The molecular formula is C21H42N8O3S. The van der Waals surface area contributed by atoms with E-state index in [1.54, 1.807) is 7.11 Å². The van der Waals surface area contributed by atoms with E-state index in [0.29, 0.717) is 23.9 Å². The molecule has 190 valence electrons. The monoisotopic (exact) mass is 486 g/mol. The molecule has 0 bridgehead atoms. The van der Waals surface area contributed by atoms with Gasteiger partial charge in [0, 0.05) is 71.4 Å². The number of fused-ring (bicyclic) bond motifs is 1. The molecule has 5 aliphatic rings. The topological polar surface area (TPSA) is 136 Å². The van der Waals surface area contributed by atoms with Crippen LogP contribution in [0.3, 0.4) is 0 Å². The molecule has 5 rings (SSSR count). The lowest BCUT2D eigenvalue weighted by atomic mass is 9.90. The summed E-state index contributed by atoms with van der Waals surface area (Å²) in [5, 5.41) is 11.6. The highest BCUT2D eigenvalue weighted by atomic mass is 32.2. The molecule has 0 radical (unpaired) electrons. The molecule has 12 heteroatoms. The summed E-state index contributed by atoms with van der Waals surface area (Å²) < 4.78 is 35.3. The zero-order valence-corrected chi connectivity index (χ0v) is 20.7. The van der Waals surface area contributed by atoms with Crippen LogP contribution in [0.5, 0.6) is 0 Å². The summed E-state index contributed by atoms with van der Waals surface area (Å²) in [4.78, 5) is 2.62. The molecule has 1 spiro atoms. The highest BCUT2D eigenvalue weighted by molar-refractivity contribution is 7.90. The number of methoxy groups -OCH3 is 1. The minimum atomic E-state index is -3.66. The first-order valence-corrected chi connectivity index (χ1v) is 14.0. The molecular weight excluding hydrogens is 444 g/mol. The third-order valence-corrected chi connectivity index (χ3v) is 10.4. The Kier molecular flexibility index (Phi) is 7.04. The number of nitrogens with two attached hydrogens (primary N) is 1. The van der Waals surface area contributed by atoms with Crippen LogP contribution in [0.2, 0.25) is 0 Å². The molecule has 11 nitrogen and oxygen atoms in total. The van der Waals surface area contributed by atoms with Gasteiger partial charge in [0.05, 0.1) is 12.2 Å². The summed E-state index contributed by atoms with van der Waals surface area (Å²) in [7, 11) is -0.0908.